The van der Waals surface area contributed by atoms with Crippen LogP contribution in [-0.4, -0.2) is 30.7 Å². The number of hydrogen-bond donors (Lipinski definition) is 3. The fraction of sp³-hybridized carbons (Fsp3) is 0.900. The van der Waals surface area contributed by atoms with E-state index in [0.29, 0.717) is 6.54 Å². The summed E-state index contributed by atoms with van der Waals surface area (Å²) in [5, 5.41) is 11.7. The molecule has 0 aliphatic rings. The Morgan fingerprint density at radius 3 is 2.27 bits per heavy atom. The highest BCUT2D eigenvalue weighted by Gasteiger charge is 2.25. The highest BCUT2D eigenvalue weighted by molar-refractivity contribution is 5.85. The summed E-state index contributed by atoms with van der Waals surface area (Å²) in [5.41, 5.74) is 5.22. The van der Waals surface area contributed by atoms with E-state index in [1.165, 1.54) is 0 Å². The minimum atomic E-state index is -0.130. The number of nitrogens with one attached hydrogen (secondary N) is 1. The SMILES string of the molecule is CCC(CC)(CCO)CNC(=O)CN.Cl. The minimum Gasteiger partial charge on any atom is -0.396 e. The molecule has 0 heterocycles. The van der Waals surface area contributed by atoms with E-state index in [9.17, 15) is 4.79 Å². The second-order valence-electron chi connectivity index (χ2n) is 3.66. The van der Waals surface area contributed by atoms with Crippen LogP contribution in [-0.2, 0) is 4.79 Å². The van der Waals surface area contributed by atoms with Crippen LogP contribution in [0.5, 0.6) is 0 Å². The summed E-state index contributed by atoms with van der Waals surface area (Å²) in [5.74, 6) is -0.130. The zero-order chi connectivity index (χ0) is 11.0. The lowest BCUT2D eigenvalue weighted by Crippen LogP contribution is -2.40. The van der Waals surface area contributed by atoms with Gasteiger partial charge >= 0.3 is 0 Å². The Bertz CT molecular complexity index is 173. The third kappa shape index (κ3) is 5.97. The zero-order valence-electron chi connectivity index (χ0n) is 9.58. The molecule has 5 heteroatoms. The van der Waals surface area contributed by atoms with Crippen LogP contribution in [0.1, 0.15) is 33.1 Å². The Kier molecular flexibility index (Phi) is 10.2. The second-order valence-corrected chi connectivity index (χ2v) is 3.66. The molecule has 0 unspecified atom stereocenters. The monoisotopic (exact) mass is 238 g/mol. The molecule has 0 saturated heterocycles. The Balaban J connectivity index is 0. The molecule has 0 rings (SSSR count). The molecule has 0 fully saturated rings. The Morgan fingerprint density at radius 2 is 1.93 bits per heavy atom. The van der Waals surface area contributed by atoms with Crippen molar-refractivity contribution < 1.29 is 9.90 Å². The maximum absolute atomic E-state index is 11.0. The maximum Gasteiger partial charge on any atom is 0.233 e. The van der Waals surface area contributed by atoms with Crippen LogP contribution >= 0.6 is 12.4 Å². The third-order valence-electron chi connectivity index (χ3n) is 2.99. The van der Waals surface area contributed by atoms with Gasteiger partial charge in [-0.05, 0) is 24.7 Å². The lowest BCUT2D eigenvalue weighted by molar-refractivity contribution is -0.120. The van der Waals surface area contributed by atoms with Gasteiger partial charge in [-0.15, -0.1) is 12.4 Å². The lowest BCUT2D eigenvalue weighted by atomic mass is 9.79. The van der Waals surface area contributed by atoms with E-state index in [1.54, 1.807) is 0 Å². The highest BCUT2D eigenvalue weighted by Crippen LogP contribution is 2.29. The second kappa shape index (κ2) is 8.95. The van der Waals surface area contributed by atoms with E-state index in [-0.39, 0.29) is 36.9 Å². The quantitative estimate of drug-likeness (QED) is 0.610. The van der Waals surface area contributed by atoms with Crippen molar-refractivity contribution in [1.29, 1.82) is 0 Å². The molecule has 0 aromatic carbocycles. The minimum absolute atomic E-state index is 0. The number of halogens is 1. The first-order chi connectivity index (χ1) is 6.64. The average molecular weight is 239 g/mol. The number of amides is 1. The van der Waals surface area contributed by atoms with Gasteiger partial charge in [0.05, 0.1) is 6.54 Å². The molecule has 4 N–H and O–H groups in total. The molecule has 0 aliphatic carbocycles. The van der Waals surface area contributed by atoms with Gasteiger partial charge in [0.25, 0.3) is 0 Å². The highest BCUT2D eigenvalue weighted by atomic mass is 35.5. The number of carbonyl (C=O) groups excluding carboxylic acids is 1. The van der Waals surface area contributed by atoms with Crippen molar-refractivity contribution in [3.05, 3.63) is 0 Å². The van der Waals surface area contributed by atoms with Crippen molar-refractivity contribution >= 4 is 18.3 Å². The van der Waals surface area contributed by atoms with Gasteiger partial charge in [0.15, 0.2) is 0 Å². The van der Waals surface area contributed by atoms with Crippen LogP contribution in [0.2, 0.25) is 0 Å². The van der Waals surface area contributed by atoms with Gasteiger partial charge < -0.3 is 16.2 Å². The van der Waals surface area contributed by atoms with Crippen LogP contribution < -0.4 is 11.1 Å². The van der Waals surface area contributed by atoms with Gasteiger partial charge in [-0.3, -0.25) is 4.79 Å². The smallest absolute Gasteiger partial charge is 0.233 e. The number of aliphatic hydroxyl groups excluding tert-OH is 1. The first-order valence-corrected chi connectivity index (χ1v) is 5.21. The molecule has 4 nitrogen and oxygen atoms in total. The number of nitrogens with two attached hydrogens (primary N) is 1. The van der Waals surface area contributed by atoms with E-state index in [2.05, 4.69) is 19.2 Å². The molecule has 15 heavy (non-hydrogen) atoms. The molecule has 0 spiro atoms. The first kappa shape index (κ1) is 17.1. The van der Waals surface area contributed by atoms with Crippen LogP contribution in [0.3, 0.4) is 0 Å². The van der Waals surface area contributed by atoms with Gasteiger partial charge in [0, 0.05) is 13.2 Å². The molecule has 1 amide bonds. The molecule has 0 aromatic heterocycles. The van der Waals surface area contributed by atoms with Crippen molar-refractivity contribution in [2.45, 2.75) is 33.1 Å². The first-order valence-electron chi connectivity index (χ1n) is 5.21. The maximum atomic E-state index is 11.0. The van der Waals surface area contributed by atoms with Gasteiger partial charge in [-0.1, -0.05) is 13.8 Å². The zero-order valence-corrected chi connectivity index (χ0v) is 10.4. The van der Waals surface area contributed by atoms with Gasteiger partial charge in [0.1, 0.15) is 0 Å². The largest absolute Gasteiger partial charge is 0.396 e. The number of hydrogen-bond acceptors (Lipinski definition) is 3. The van der Waals surface area contributed by atoms with Gasteiger partial charge in [-0.25, -0.2) is 0 Å². The standard InChI is InChI=1S/C10H22N2O2.ClH/c1-3-10(4-2,5-6-13)8-12-9(14)7-11;/h13H,3-8,11H2,1-2H3,(H,12,14);1H. The summed E-state index contributed by atoms with van der Waals surface area (Å²) in [6.45, 7) is 4.96. The van der Waals surface area contributed by atoms with Crippen molar-refractivity contribution in [3.8, 4) is 0 Å². The van der Waals surface area contributed by atoms with Gasteiger partial charge in [0.2, 0.25) is 5.91 Å². The molecule has 0 radical (unpaired) electrons. The van der Waals surface area contributed by atoms with E-state index < -0.39 is 0 Å². The molecular formula is C10H23ClN2O2. The molecule has 0 atom stereocenters. The predicted molar refractivity (Wildman–Crippen MR) is 64.0 cm³/mol. The third-order valence-corrected chi connectivity index (χ3v) is 2.99. The van der Waals surface area contributed by atoms with E-state index >= 15 is 0 Å². The van der Waals surface area contributed by atoms with Crippen molar-refractivity contribution in [3.63, 3.8) is 0 Å². The van der Waals surface area contributed by atoms with E-state index in [0.717, 1.165) is 19.3 Å². The Hall–Kier alpha value is -0.320. The van der Waals surface area contributed by atoms with Crippen molar-refractivity contribution in [2.75, 3.05) is 19.7 Å². The number of aliphatic hydroxyl groups is 1. The van der Waals surface area contributed by atoms with Gasteiger partial charge in [-0.2, -0.15) is 0 Å². The predicted octanol–water partition coefficient (Wildman–Crippen LogP) is 0.672. The summed E-state index contributed by atoms with van der Waals surface area (Å²) in [4.78, 5) is 11.0. The van der Waals surface area contributed by atoms with Crippen molar-refractivity contribution in [1.82, 2.24) is 5.32 Å². The van der Waals surface area contributed by atoms with E-state index in [1.807, 2.05) is 0 Å². The normalized spacial score (nSPS) is 10.7. The fourth-order valence-electron chi connectivity index (χ4n) is 1.54. The number of rotatable bonds is 7. The lowest BCUT2D eigenvalue weighted by Gasteiger charge is -2.31. The van der Waals surface area contributed by atoms with Crippen LogP contribution in [0, 0.1) is 5.41 Å². The molecule has 0 saturated carbocycles. The number of carbonyl (C=O) groups is 1. The molecule has 0 aromatic rings. The van der Waals surface area contributed by atoms with Crippen LogP contribution in [0.15, 0.2) is 0 Å². The molecule has 0 aliphatic heterocycles. The summed E-state index contributed by atoms with van der Waals surface area (Å²) in [6.07, 6.45) is 2.63. The topological polar surface area (TPSA) is 75.3 Å². The summed E-state index contributed by atoms with van der Waals surface area (Å²) in [6, 6.07) is 0. The fourth-order valence-corrected chi connectivity index (χ4v) is 1.54. The van der Waals surface area contributed by atoms with Crippen LogP contribution in [0.25, 0.3) is 0 Å². The summed E-state index contributed by atoms with van der Waals surface area (Å²) < 4.78 is 0. The molecule has 92 valence electrons. The Labute approximate surface area is 98.0 Å². The Morgan fingerprint density at radius 1 is 1.40 bits per heavy atom. The average Bonchev–Trinajstić information content (AvgIpc) is 2.24. The van der Waals surface area contributed by atoms with Crippen molar-refractivity contribution in [2.24, 2.45) is 11.1 Å². The molecular weight excluding hydrogens is 216 g/mol. The van der Waals surface area contributed by atoms with E-state index in [4.69, 9.17) is 10.8 Å². The van der Waals surface area contributed by atoms with Crippen LogP contribution in [0.4, 0.5) is 0 Å². The summed E-state index contributed by atoms with van der Waals surface area (Å²) >= 11 is 0. The summed E-state index contributed by atoms with van der Waals surface area (Å²) in [7, 11) is 0. The molecule has 0 bridgehead atoms.